The third-order valence-corrected chi connectivity index (χ3v) is 7.23. The standard InChI is InChI=1S/C26H25FN8OS/c1-14-10-35(11-15(2)30-14)21-5-4-18(24-19(21)8-29-25(32-24)22-9-28-13-37-22)26(36)31-17-6-16-12-34(3)33-23(16)20(27)7-17/h4-9,12-15,30H,10-11H2,1-3H3,(H,31,36)/t14-,15-/m1/s1. The van der Waals surface area contributed by atoms with E-state index in [-0.39, 0.29) is 11.4 Å². The van der Waals surface area contributed by atoms with Gasteiger partial charge in [0, 0.05) is 73.0 Å². The molecule has 1 aliphatic heterocycles. The number of nitrogens with one attached hydrogen (secondary N) is 2. The van der Waals surface area contributed by atoms with Gasteiger partial charge < -0.3 is 15.5 Å². The number of hydrogen-bond acceptors (Lipinski definition) is 8. The summed E-state index contributed by atoms with van der Waals surface area (Å²) < 4.78 is 16.2. The Balaban J connectivity index is 1.43. The molecule has 6 rings (SSSR count). The van der Waals surface area contributed by atoms with E-state index in [1.807, 2.05) is 6.07 Å². The molecule has 0 aliphatic carbocycles. The van der Waals surface area contributed by atoms with Crippen molar-refractivity contribution in [3.63, 3.8) is 0 Å². The van der Waals surface area contributed by atoms with Crippen molar-refractivity contribution < 1.29 is 9.18 Å². The van der Waals surface area contributed by atoms with Crippen LogP contribution in [0, 0.1) is 5.82 Å². The highest BCUT2D eigenvalue weighted by Gasteiger charge is 2.25. The summed E-state index contributed by atoms with van der Waals surface area (Å²) in [7, 11) is 1.73. The summed E-state index contributed by atoms with van der Waals surface area (Å²) in [5, 5.41) is 11.9. The largest absolute Gasteiger partial charge is 0.368 e. The zero-order valence-corrected chi connectivity index (χ0v) is 21.4. The fourth-order valence-corrected chi connectivity index (χ4v) is 5.58. The first-order valence-corrected chi connectivity index (χ1v) is 12.9. The lowest BCUT2D eigenvalue weighted by atomic mass is 10.0. The molecule has 4 heterocycles. The normalized spacial score (nSPS) is 18.0. The van der Waals surface area contributed by atoms with Gasteiger partial charge in [-0.1, -0.05) is 0 Å². The second-order valence-corrected chi connectivity index (χ2v) is 10.4. The molecule has 9 nitrogen and oxygen atoms in total. The van der Waals surface area contributed by atoms with Crippen molar-refractivity contribution in [1.29, 1.82) is 0 Å². The maximum atomic E-state index is 14.6. The van der Waals surface area contributed by atoms with Crippen LogP contribution in [0.2, 0.25) is 0 Å². The Bertz CT molecular complexity index is 1620. The van der Waals surface area contributed by atoms with Gasteiger partial charge in [-0.05, 0) is 38.1 Å². The van der Waals surface area contributed by atoms with E-state index in [9.17, 15) is 9.18 Å². The van der Waals surface area contributed by atoms with Crippen molar-refractivity contribution in [2.45, 2.75) is 25.9 Å². The average molecular weight is 517 g/mol. The number of halogens is 1. The maximum Gasteiger partial charge on any atom is 0.257 e. The molecule has 5 aromatic rings. The molecule has 11 heteroatoms. The van der Waals surface area contributed by atoms with E-state index in [2.05, 4.69) is 44.4 Å². The molecule has 2 atom stereocenters. The van der Waals surface area contributed by atoms with Crippen LogP contribution in [0.15, 0.2) is 48.4 Å². The van der Waals surface area contributed by atoms with Crippen LogP contribution in [0.25, 0.3) is 32.5 Å². The molecule has 0 unspecified atom stereocenters. The first-order valence-electron chi connectivity index (χ1n) is 12.0. The van der Waals surface area contributed by atoms with Crippen LogP contribution in [0.5, 0.6) is 0 Å². The molecule has 0 bridgehead atoms. The van der Waals surface area contributed by atoms with E-state index in [0.717, 1.165) is 29.0 Å². The van der Waals surface area contributed by atoms with Gasteiger partial charge in [0.15, 0.2) is 11.6 Å². The minimum atomic E-state index is -0.495. The minimum Gasteiger partial charge on any atom is -0.368 e. The van der Waals surface area contributed by atoms with Crippen LogP contribution < -0.4 is 15.5 Å². The summed E-state index contributed by atoms with van der Waals surface area (Å²) >= 11 is 1.43. The lowest BCUT2D eigenvalue weighted by Gasteiger charge is -2.38. The number of fused-ring (bicyclic) bond motifs is 2. The molecular weight excluding hydrogens is 491 g/mol. The molecular formula is C26H25FN8OS. The fourth-order valence-electron chi connectivity index (χ4n) is 5.02. The Morgan fingerprint density at radius 2 is 1.97 bits per heavy atom. The molecule has 2 N–H and O–H groups in total. The number of benzene rings is 2. The van der Waals surface area contributed by atoms with Crippen LogP contribution in [-0.2, 0) is 7.05 Å². The Kier molecular flexibility index (Phi) is 5.81. The van der Waals surface area contributed by atoms with Crippen molar-refractivity contribution >= 4 is 50.4 Å². The third-order valence-electron chi connectivity index (χ3n) is 6.46. The predicted molar refractivity (Wildman–Crippen MR) is 144 cm³/mol. The number of amides is 1. The molecule has 188 valence electrons. The lowest BCUT2D eigenvalue weighted by Crippen LogP contribution is -2.54. The van der Waals surface area contributed by atoms with Crippen LogP contribution in [0.1, 0.15) is 24.2 Å². The smallest absolute Gasteiger partial charge is 0.257 e. The Labute approximate surface area is 216 Å². The van der Waals surface area contributed by atoms with Crippen molar-refractivity contribution in [1.82, 2.24) is 30.0 Å². The minimum absolute atomic E-state index is 0.261. The number of piperazine rings is 1. The molecule has 1 aliphatic rings. The van der Waals surface area contributed by atoms with Gasteiger partial charge in [0.25, 0.3) is 5.91 Å². The van der Waals surface area contributed by atoms with Gasteiger partial charge in [0.05, 0.1) is 21.5 Å². The third kappa shape index (κ3) is 4.40. The summed E-state index contributed by atoms with van der Waals surface area (Å²) in [4.78, 5) is 30.2. The summed E-state index contributed by atoms with van der Waals surface area (Å²) in [6, 6.07) is 7.36. The van der Waals surface area contributed by atoms with E-state index >= 15 is 0 Å². The quantitative estimate of drug-likeness (QED) is 0.369. The molecule has 0 radical (unpaired) electrons. The van der Waals surface area contributed by atoms with Crippen molar-refractivity contribution in [2.24, 2.45) is 7.05 Å². The Hall–Kier alpha value is -3.96. The van der Waals surface area contributed by atoms with Crippen LogP contribution >= 0.6 is 11.3 Å². The Morgan fingerprint density at radius 1 is 1.16 bits per heavy atom. The van der Waals surface area contributed by atoms with Gasteiger partial charge in [-0.3, -0.25) is 14.5 Å². The molecule has 1 fully saturated rings. The van der Waals surface area contributed by atoms with E-state index in [4.69, 9.17) is 4.98 Å². The number of thiazole rings is 1. The van der Waals surface area contributed by atoms with Gasteiger partial charge >= 0.3 is 0 Å². The fraction of sp³-hybridized carbons (Fsp3) is 0.269. The number of aromatic nitrogens is 5. The number of aryl methyl sites for hydroxylation is 1. The van der Waals surface area contributed by atoms with Gasteiger partial charge in [0.1, 0.15) is 5.52 Å². The number of carbonyl (C=O) groups is 1. The van der Waals surface area contributed by atoms with Crippen molar-refractivity contribution in [3.05, 3.63) is 59.7 Å². The highest BCUT2D eigenvalue weighted by Crippen LogP contribution is 2.32. The van der Waals surface area contributed by atoms with Crippen LogP contribution in [0.4, 0.5) is 15.8 Å². The van der Waals surface area contributed by atoms with Gasteiger partial charge in [-0.15, -0.1) is 11.3 Å². The molecule has 0 saturated carbocycles. The topological polar surface area (TPSA) is 101 Å². The summed E-state index contributed by atoms with van der Waals surface area (Å²) in [5.74, 6) is -0.369. The molecule has 37 heavy (non-hydrogen) atoms. The summed E-state index contributed by atoms with van der Waals surface area (Å²) in [6.07, 6.45) is 5.20. The maximum absolute atomic E-state index is 14.6. The van der Waals surface area contributed by atoms with Gasteiger partial charge in [0.2, 0.25) is 0 Å². The van der Waals surface area contributed by atoms with Gasteiger partial charge in [-0.25, -0.2) is 14.4 Å². The van der Waals surface area contributed by atoms with E-state index in [1.165, 1.54) is 17.4 Å². The monoisotopic (exact) mass is 516 g/mol. The molecule has 3 aromatic heterocycles. The number of nitrogens with zero attached hydrogens (tertiary/aromatic N) is 6. The molecule has 1 saturated heterocycles. The second-order valence-electron chi connectivity index (χ2n) is 9.48. The second kappa shape index (κ2) is 9.16. The zero-order valence-electron chi connectivity index (χ0n) is 20.6. The number of hydrogen-bond donors (Lipinski definition) is 2. The molecule has 2 aromatic carbocycles. The van der Waals surface area contributed by atoms with Crippen molar-refractivity contribution in [3.8, 4) is 10.7 Å². The zero-order chi connectivity index (χ0) is 25.7. The summed E-state index contributed by atoms with van der Waals surface area (Å²) in [6.45, 7) is 5.96. The SMILES string of the molecule is C[C@@H]1CN(c2ccc(C(=O)Nc3cc(F)c4nn(C)cc4c3)c3nc(-c4cncs4)ncc23)C[C@@H](C)N1. The van der Waals surface area contributed by atoms with Crippen molar-refractivity contribution in [2.75, 3.05) is 23.3 Å². The average Bonchev–Trinajstić information content (AvgIpc) is 3.52. The number of rotatable bonds is 4. The lowest BCUT2D eigenvalue weighted by molar-refractivity contribution is 0.102. The number of carbonyl (C=O) groups excluding carboxylic acids is 1. The van der Waals surface area contributed by atoms with Crippen LogP contribution in [0.3, 0.4) is 0 Å². The van der Waals surface area contributed by atoms with E-state index in [1.54, 1.807) is 48.0 Å². The molecule has 1 amide bonds. The number of anilines is 2. The molecule has 0 spiro atoms. The predicted octanol–water partition coefficient (Wildman–Crippen LogP) is 4.22. The first kappa shape index (κ1) is 23.4. The first-order chi connectivity index (χ1) is 17.9. The summed E-state index contributed by atoms with van der Waals surface area (Å²) in [5.41, 5.74) is 4.23. The van der Waals surface area contributed by atoms with Crippen LogP contribution in [-0.4, -0.2) is 55.8 Å². The Morgan fingerprint density at radius 3 is 2.73 bits per heavy atom. The van der Waals surface area contributed by atoms with E-state index < -0.39 is 5.82 Å². The highest BCUT2D eigenvalue weighted by molar-refractivity contribution is 7.13. The highest BCUT2D eigenvalue weighted by atomic mass is 32.1. The van der Waals surface area contributed by atoms with Gasteiger partial charge in [-0.2, -0.15) is 5.10 Å². The van der Waals surface area contributed by atoms with E-state index in [0.29, 0.717) is 40.1 Å².